The van der Waals surface area contributed by atoms with Gasteiger partial charge in [0.1, 0.15) is 5.82 Å². The van der Waals surface area contributed by atoms with Crippen LogP contribution >= 0.6 is 0 Å². The first-order valence-electron chi connectivity index (χ1n) is 9.35. The van der Waals surface area contributed by atoms with Crippen LogP contribution in [-0.2, 0) is 26.8 Å². The van der Waals surface area contributed by atoms with Gasteiger partial charge in [0.15, 0.2) is 0 Å². The van der Waals surface area contributed by atoms with Gasteiger partial charge < -0.3 is 5.32 Å². The quantitative estimate of drug-likeness (QED) is 0.804. The van der Waals surface area contributed by atoms with Crippen molar-refractivity contribution in [1.29, 1.82) is 0 Å². The molecule has 1 amide bonds. The van der Waals surface area contributed by atoms with Crippen LogP contribution in [0.25, 0.3) is 0 Å². The van der Waals surface area contributed by atoms with Gasteiger partial charge in [-0.25, -0.2) is 12.8 Å². The monoisotopic (exact) mass is 404 g/mol. The molecule has 0 atom stereocenters. The number of rotatable bonds is 6. The zero-order valence-electron chi connectivity index (χ0n) is 16.1. The van der Waals surface area contributed by atoms with E-state index in [1.807, 2.05) is 0 Å². The number of benzene rings is 2. The van der Waals surface area contributed by atoms with Gasteiger partial charge in [0.25, 0.3) is 0 Å². The van der Waals surface area contributed by atoms with Crippen molar-refractivity contribution >= 4 is 15.9 Å². The lowest BCUT2D eigenvalue weighted by Gasteiger charge is -2.24. The summed E-state index contributed by atoms with van der Waals surface area (Å²) < 4.78 is 40.1. The zero-order chi connectivity index (χ0) is 20.4. The smallest absolute Gasteiger partial charge is 0.243 e. The summed E-state index contributed by atoms with van der Waals surface area (Å²) in [6.07, 6.45) is 1.79. The molecule has 0 aromatic heterocycles. The maximum atomic E-state index is 13.5. The average Bonchev–Trinajstić information content (AvgIpc) is 3.22. The van der Waals surface area contributed by atoms with Crippen molar-refractivity contribution < 1.29 is 17.6 Å². The lowest BCUT2D eigenvalue weighted by molar-refractivity contribution is -0.125. The normalized spacial score (nSPS) is 15.5. The number of halogens is 1. The highest BCUT2D eigenvalue weighted by atomic mass is 32.2. The molecule has 0 aliphatic carbocycles. The second kappa shape index (κ2) is 8.01. The fraction of sp³-hybridized carbons (Fsp3) is 0.381. The number of carbonyl (C=O) groups is 1. The molecule has 150 valence electrons. The molecule has 1 heterocycles. The summed E-state index contributed by atoms with van der Waals surface area (Å²) in [5, 5.41) is 2.85. The predicted molar refractivity (Wildman–Crippen MR) is 106 cm³/mol. The Balaban J connectivity index is 1.65. The summed E-state index contributed by atoms with van der Waals surface area (Å²) in [7, 11) is -3.44. The minimum absolute atomic E-state index is 0.230. The molecule has 1 fully saturated rings. The molecule has 2 aromatic carbocycles. The molecule has 0 spiro atoms. The first-order valence-corrected chi connectivity index (χ1v) is 10.8. The molecule has 2 aromatic rings. The van der Waals surface area contributed by atoms with E-state index in [0.717, 1.165) is 18.4 Å². The van der Waals surface area contributed by atoms with Crippen molar-refractivity contribution in [3.8, 4) is 0 Å². The summed E-state index contributed by atoms with van der Waals surface area (Å²) in [4.78, 5) is 12.9. The van der Waals surface area contributed by atoms with Gasteiger partial charge in [0.2, 0.25) is 15.9 Å². The highest BCUT2D eigenvalue weighted by molar-refractivity contribution is 7.89. The molecule has 7 heteroatoms. The van der Waals surface area contributed by atoms with E-state index in [2.05, 4.69) is 5.32 Å². The van der Waals surface area contributed by atoms with Crippen LogP contribution in [0.4, 0.5) is 4.39 Å². The molecular weight excluding hydrogens is 379 g/mol. The van der Waals surface area contributed by atoms with Crippen LogP contribution in [0.3, 0.4) is 0 Å². The standard InChI is InChI=1S/C21H25FN2O3S/c1-21(2,17-6-5-7-18(22)14-17)20(25)23-15-16-8-10-19(11-9-16)28(26,27)24-12-3-4-13-24/h5-11,14H,3-4,12-13,15H2,1-2H3,(H,23,25). The Bertz CT molecular complexity index is 950. The molecule has 5 nitrogen and oxygen atoms in total. The van der Waals surface area contributed by atoms with Crippen molar-refractivity contribution in [2.45, 2.75) is 43.5 Å². The van der Waals surface area contributed by atoms with E-state index in [0.29, 0.717) is 18.7 Å². The Morgan fingerprint density at radius 1 is 1.11 bits per heavy atom. The number of hydrogen-bond donors (Lipinski definition) is 1. The molecule has 1 aliphatic rings. The first kappa shape index (κ1) is 20.5. The topological polar surface area (TPSA) is 66.5 Å². The molecule has 0 unspecified atom stereocenters. The zero-order valence-corrected chi connectivity index (χ0v) is 16.9. The average molecular weight is 405 g/mol. The largest absolute Gasteiger partial charge is 0.351 e. The number of nitrogens with zero attached hydrogens (tertiary/aromatic N) is 1. The molecule has 1 aliphatic heterocycles. The maximum Gasteiger partial charge on any atom is 0.243 e. The number of hydrogen-bond acceptors (Lipinski definition) is 3. The van der Waals surface area contributed by atoms with Gasteiger partial charge in [0, 0.05) is 19.6 Å². The van der Waals surface area contributed by atoms with E-state index in [-0.39, 0.29) is 23.2 Å². The van der Waals surface area contributed by atoms with Crippen LogP contribution in [0, 0.1) is 5.82 Å². The Morgan fingerprint density at radius 3 is 2.36 bits per heavy atom. The lowest BCUT2D eigenvalue weighted by atomic mass is 9.83. The Kier molecular flexibility index (Phi) is 5.86. The van der Waals surface area contributed by atoms with Crippen LogP contribution in [0.2, 0.25) is 0 Å². The van der Waals surface area contributed by atoms with Crippen LogP contribution in [-0.4, -0.2) is 31.7 Å². The highest BCUT2D eigenvalue weighted by Crippen LogP contribution is 2.24. The van der Waals surface area contributed by atoms with Gasteiger partial charge >= 0.3 is 0 Å². The molecule has 0 bridgehead atoms. The summed E-state index contributed by atoms with van der Waals surface area (Å²) >= 11 is 0. The van der Waals surface area contributed by atoms with Gasteiger partial charge in [-0.3, -0.25) is 4.79 Å². The van der Waals surface area contributed by atoms with Crippen LogP contribution < -0.4 is 5.32 Å². The van der Waals surface area contributed by atoms with E-state index >= 15 is 0 Å². The van der Waals surface area contributed by atoms with Crippen LogP contribution in [0.5, 0.6) is 0 Å². The van der Waals surface area contributed by atoms with Crippen LogP contribution in [0.1, 0.15) is 37.8 Å². The van der Waals surface area contributed by atoms with Crippen molar-refractivity contribution in [1.82, 2.24) is 9.62 Å². The Labute approximate surface area is 165 Å². The van der Waals surface area contributed by atoms with Crippen molar-refractivity contribution in [3.05, 3.63) is 65.5 Å². The van der Waals surface area contributed by atoms with Gasteiger partial charge in [0.05, 0.1) is 10.3 Å². The molecule has 1 saturated heterocycles. The minimum atomic E-state index is -3.44. The number of sulfonamides is 1. The van der Waals surface area contributed by atoms with Gasteiger partial charge in [-0.1, -0.05) is 24.3 Å². The van der Waals surface area contributed by atoms with Crippen molar-refractivity contribution in [3.63, 3.8) is 0 Å². The lowest BCUT2D eigenvalue weighted by Crippen LogP contribution is -2.39. The number of amides is 1. The van der Waals surface area contributed by atoms with E-state index in [4.69, 9.17) is 0 Å². The Hall–Kier alpha value is -2.25. The van der Waals surface area contributed by atoms with E-state index in [1.54, 1.807) is 50.2 Å². The van der Waals surface area contributed by atoms with E-state index in [1.165, 1.54) is 16.4 Å². The minimum Gasteiger partial charge on any atom is -0.351 e. The summed E-state index contributed by atoms with van der Waals surface area (Å²) in [5.41, 5.74) is 0.502. The molecule has 28 heavy (non-hydrogen) atoms. The second-order valence-electron chi connectivity index (χ2n) is 7.57. The predicted octanol–water partition coefficient (Wildman–Crippen LogP) is 3.20. The maximum absolute atomic E-state index is 13.5. The molecule has 1 N–H and O–H groups in total. The fourth-order valence-electron chi connectivity index (χ4n) is 3.27. The number of carbonyl (C=O) groups excluding carboxylic acids is 1. The fourth-order valence-corrected chi connectivity index (χ4v) is 4.79. The first-order chi connectivity index (χ1) is 13.2. The third-order valence-corrected chi connectivity index (χ3v) is 7.11. The molecule has 0 radical (unpaired) electrons. The third-order valence-electron chi connectivity index (χ3n) is 5.19. The highest BCUT2D eigenvalue weighted by Gasteiger charge is 2.30. The number of nitrogens with one attached hydrogen (secondary N) is 1. The summed E-state index contributed by atoms with van der Waals surface area (Å²) in [6, 6.07) is 12.6. The van der Waals surface area contributed by atoms with E-state index < -0.39 is 15.4 Å². The van der Waals surface area contributed by atoms with E-state index in [9.17, 15) is 17.6 Å². The molecular formula is C21H25FN2O3S. The van der Waals surface area contributed by atoms with Gasteiger partial charge in [-0.15, -0.1) is 0 Å². The summed E-state index contributed by atoms with van der Waals surface area (Å²) in [6.45, 7) is 4.87. The third kappa shape index (κ3) is 4.25. The second-order valence-corrected chi connectivity index (χ2v) is 9.51. The Morgan fingerprint density at radius 2 is 1.75 bits per heavy atom. The van der Waals surface area contributed by atoms with Gasteiger partial charge in [-0.2, -0.15) is 4.31 Å². The molecule has 0 saturated carbocycles. The van der Waals surface area contributed by atoms with Crippen LogP contribution in [0.15, 0.2) is 53.4 Å². The summed E-state index contributed by atoms with van der Waals surface area (Å²) in [5.74, 6) is -0.611. The van der Waals surface area contributed by atoms with Gasteiger partial charge in [-0.05, 0) is 62.1 Å². The molecule has 3 rings (SSSR count). The van der Waals surface area contributed by atoms with Crippen molar-refractivity contribution in [2.75, 3.05) is 13.1 Å². The van der Waals surface area contributed by atoms with Crippen molar-refractivity contribution in [2.24, 2.45) is 0 Å². The SMILES string of the molecule is CC(C)(C(=O)NCc1ccc(S(=O)(=O)N2CCCC2)cc1)c1cccc(F)c1.